The molecule has 0 spiro atoms. The highest BCUT2D eigenvalue weighted by Crippen LogP contribution is 2.13. The molecule has 1 unspecified atom stereocenters. The Hall–Kier alpha value is -0.130. The monoisotopic (exact) mass is 234 g/mol. The van der Waals surface area contributed by atoms with Gasteiger partial charge in [0.2, 0.25) is 0 Å². The van der Waals surface area contributed by atoms with Crippen LogP contribution in [0.15, 0.2) is 0 Å². The van der Waals surface area contributed by atoms with Crippen LogP contribution in [0.2, 0.25) is 0 Å². The molecule has 0 aromatic carbocycles. The molecule has 15 heavy (non-hydrogen) atoms. The molecule has 90 valence electrons. The van der Waals surface area contributed by atoms with Crippen LogP contribution in [-0.4, -0.2) is 51.0 Å². The number of sulfone groups is 1. The maximum absolute atomic E-state index is 11.2. The molecule has 4 nitrogen and oxygen atoms in total. The summed E-state index contributed by atoms with van der Waals surface area (Å²) in [5.74, 6) is 1.66. The molecule has 1 heterocycles. The van der Waals surface area contributed by atoms with E-state index in [-0.39, 0.29) is 0 Å². The van der Waals surface area contributed by atoms with Crippen LogP contribution in [0, 0.1) is 11.8 Å². The lowest BCUT2D eigenvalue weighted by molar-refractivity contribution is 0.218. The number of rotatable bonds is 4. The van der Waals surface area contributed by atoms with Crippen LogP contribution in [0.4, 0.5) is 0 Å². The quantitative estimate of drug-likeness (QED) is 0.740. The summed E-state index contributed by atoms with van der Waals surface area (Å²) in [6.07, 6.45) is 0. The Kier molecular flexibility index (Phi) is 4.55. The van der Waals surface area contributed by atoms with Gasteiger partial charge < -0.3 is 10.6 Å². The zero-order valence-corrected chi connectivity index (χ0v) is 10.5. The third-order valence-corrected chi connectivity index (χ3v) is 4.78. The van der Waals surface area contributed by atoms with Crippen LogP contribution < -0.4 is 5.73 Å². The first kappa shape index (κ1) is 12.9. The number of nitrogens with zero attached hydrogens (tertiary/aromatic N) is 1. The van der Waals surface area contributed by atoms with Crippen molar-refractivity contribution in [2.45, 2.75) is 13.8 Å². The molecule has 1 aliphatic heterocycles. The Morgan fingerprint density at radius 3 is 2.20 bits per heavy atom. The van der Waals surface area contributed by atoms with Crippen molar-refractivity contribution in [2.24, 2.45) is 17.6 Å². The number of hydrogen-bond donors (Lipinski definition) is 1. The smallest absolute Gasteiger partial charge is 0.152 e. The third kappa shape index (κ3) is 4.09. The highest BCUT2D eigenvalue weighted by Gasteiger charge is 2.24. The molecule has 0 bridgehead atoms. The van der Waals surface area contributed by atoms with E-state index in [9.17, 15) is 8.42 Å². The van der Waals surface area contributed by atoms with Gasteiger partial charge in [-0.25, -0.2) is 8.42 Å². The highest BCUT2D eigenvalue weighted by atomic mass is 32.2. The van der Waals surface area contributed by atoms with Crippen molar-refractivity contribution >= 4 is 9.84 Å². The molecule has 0 saturated carbocycles. The lowest BCUT2D eigenvalue weighted by atomic mass is 9.95. The Bertz CT molecular complexity index is 274. The second-order valence-electron chi connectivity index (χ2n) is 4.69. The molecule has 1 rings (SSSR count). The van der Waals surface area contributed by atoms with Crippen LogP contribution >= 0.6 is 0 Å². The van der Waals surface area contributed by atoms with E-state index in [1.54, 1.807) is 0 Å². The van der Waals surface area contributed by atoms with Gasteiger partial charge in [-0.05, 0) is 18.4 Å². The molecular formula is C10H22N2O2S. The molecular weight excluding hydrogens is 212 g/mol. The molecule has 5 heteroatoms. The summed E-state index contributed by atoms with van der Waals surface area (Å²) >= 11 is 0. The van der Waals surface area contributed by atoms with Gasteiger partial charge in [0.1, 0.15) is 0 Å². The summed E-state index contributed by atoms with van der Waals surface area (Å²) in [6.45, 7) is 7.29. The predicted molar refractivity (Wildman–Crippen MR) is 62.5 cm³/mol. The van der Waals surface area contributed by atoms with Crippen LogP contribution in [0.3, 0.4) is 0 Å². The minimum Gasteiger partial charge on any atom is -0.330 e. The van der Waals surface area contributed by atoms with E-state index in [0.29, 0.717) is 43.0 Å². The summed E-state index contributed by atoms with van der Waals surface area (Å²) < 4.78 is 22.5. The van der Waals surface area contributed by atoms with Gasteiger partial charge >= 0.3 is 0 Å². The second kappa shape index (κ2) is 5.27. The Balaban J connectivity index is 2.41. The van der Waals surface area contributed by atoms with E-state index >= 15 is 0 Å². The van der Waals surface area contributed by atoms with Gasteiger partial charge in [-0.1, -0.05) is 13.8 Å². The average molecular weight is 234 g/mol. The molecule has 0 aliphatic carbocycles. The summed E-state index contributed by atoms with van der Waals surface area (Å²) in [7, 11) is -2.75. The molecule has 0 amide bonds. The zero-order valence-electron chi connectivity index (χ0n) is 9.65. The maximum Gasteiger partial charge on any atom is 0.152 e. The Labute approximate surface area is 92.7 Å². The van der Waals surface area contributed by atoms with Crippen molar-refractivity contribution in [2.75, 3.05) is 37.7 Å². The zero-order chi connectivity index (χ0) is 11.5. The van der Waals surface area contributed by atoms with Crippen molar-refractivity contribution in [3.05, 3.63) is 0 Å². The van der Waals surface area contributed by atoms with Crippen molar-refractivity contribution in [1.82, 2.24) is 4.90 Å². The topological polar surface area (TPSA) is 63.4 Å². The van der Waals surface area contributed by atoms with Gasteiger partial charge in [0.15, 0.2) is 9.84 Å². The molecule has 1 aliphatic rings. The van der Waals surface area contributed by atoms with Crippen molar-refractivity contribution < 1.29 is 8.42 Å². The molecule has 2 N–H and O–H groups in total. The van der Waals surface area contributed by atoms with Crippen LogP contribution in [-0.2, 0) is 9.84 Å². The van der Waals surface area contributed by atoms with Crippen LogP contribution in [0.1, 0.15) is 13.8 Å². The Morgan fingerprint density at radius 2 is 1.80 bits per heavy atom. The van der Waals surface area contributed by atoms with Gasteiger partial charge in [-0.3, -0.25) is 0 Å². The standard InChI is InChI=1S/C10H22N2O2S/c1-9(2)10(7-11)8-12-3-5-15(13,14)6-4-12/h9-10H,3-8,11H2,1-2H3. The largest absolute Gasteiger partial charge is 0.330 e. The number of nitrogens with two attached hydrogens (primary N) is 1. The fourth-order valence-electron chi connectivity index (χ4n) is 1.82. The van der Waals surface area contributed by atoms with E-state index < -0.39 is 9.84 Å². The minimum absolute atomic E-state index is 0.308. The molecule has 0 aromatic heterocycles. The van der Waals surface area contributed by atoms with Crippen LogP contribution in [0.25, 0.3) is 0 Å². The first-order chi connectivity index (χ1) is 6.94. The second-order valence-corrected chi connectivity index (χ2v) is 7.00. The van der Waals surface area contributed by atoms with Gasteiger partial charge in [0, 0.05) is 19.6 Å². The first-order valence-electron chi connectivity index (χ1n) is 5.57. The van der Waals surface area contributed by atoms with Gasteiger partial charge in [0.25, 0.3) is 0 Å². The molecule has 0 aromatic rings. The average Bonchev–Trinajstić information content (AvgIpc) is 2.15. The van der Waals surface area contributed by atoms with E-state index in [1.165, 1.54) is 0 Å². The fraction of sp³-hybridized carbons (Fsp3) is 1.00. The maximum atomic E-state index is 11.2. The normalized spacial score (nSPS) is 24.3. The van der Waals surface area contributed by atoms with Gasteiger partial charge in [0.05, 0.1) is 11.5 Å². The van der Waals surface area contributed by atoms with Gasteiger partial charge in [-0.2, -0.15) is 0 Å². The fourth-order valence-corrected chi connectivity index (χ4v) is 3.10. The summed E-state index contributed by atoms with van der Waals surface area (Å²) in [4.78, 5) is 2.22. The number of hydrogen-bond acceptors (Lipinski definition) is 4. The van der Waals surface area contributed by atoms with Crippen molar-refractivity contribution in [3.8, 4) is 0 Å². The van der Waals surface area contributed by atoms with E-state index in [1.807, 2.05) is 0 Å². The van der Waals surface area contributed by atoms with E-state index in [4.69, 9.17) is 5.73 Å². The molecule has 1 fully saturated rings. The first-order valence-corrected chi connectivity index (χ1v) is 7.39. The van der Waals surface area contributed by atoms with Crippen molar-refractivity contribution in [1.29, 1.82) is 0 Å². The SMILES string of the molecule is CC(C)C(CN)CN1CCS(=O)(=O)CC1. The molecule has 1 atom stereocenters. The summed E-state index contributed by atoms with van der Waals surface area (Å²) in [5, 5.41) is 0. The van der Waals surface area contributed by atoms with E-state index in [0.717, 1.165) is 6.54 Å². The predicted octanol–water partition coefficient (Wildman–Crippen LogP) is -0.0523. The van der Waals surface area contributed by atoms with E-state index in [2.05, 4.69) is 18.7 Å². The molecule has 1 saturated heterocycles. The lowest BCUT2D eigenvalue weighted by Gasteiger charge is -2.31. The minimum atomic E-state index is -2.75. The summed E-state index contributed by atoms with van der Waals surface area (Å²) in [5.41, 5.74) is 5.70. The van der Waals surface area contributed by atoms with Gasteiger partial charge in [-0.15, -0.1) is 0 Å². The lowest BCUT2D eigenvalue weighted by Crippen LogP contribution is -2.44. The van der Waals surface area contributed by atoms with Crippen LogP contribution in [0.5, 0.6) is 0 Å². The highest BCUT2D eigenvalue weighted by molar-refractivity contribution is 7.91. The third-order valence-electron chi connectivity index (χ3n) is 3.18. The molecule has 0 radical (unpaired) electrons. The van der Waals surface area contributed by atoms with Crippen molar-refractivity contribution in [3.63, 3.8) is 0 Å². The Morgan fingerprint density at radius 1 is 1.27 bits per heavy atom. The summed E-state index contributed by atoms with van der Waals surface area (Å²) in [6, 6.07) is 0.